The third-order valence-electron chi connectivity index (χ3n) is 1.89. The molecule has 1 aromatic heterocycles. The highest BCUT2D eigenvalue weighted by atomic mass is 32.1. The van der Waals surface area contributed by atoms with Crippen LogP contribution in [0.3, 0.4) is 0 Å². The first kappa shape index (κ1) is 9.62. The van der Waals surface area contributed by atoms with E-state index in [2.05, 4.69) is 21.0 Å². The summed E-state index contributed by atoms with van der Waals surface area (Å²) >= 11 is 1.34. The maximum Gasteiger partial charge on any atom is 0.0991 e. The molecule has 2 rings (SSSR count). The molecule has 2 aromatic rings. The van der Waals surface area contributed by atoms with Gasteiger partial charge in [0.2, 0.25) is 0 Å². The number of nitriles is 1. The summed E-state index contributed by atoms with van der Waals surface area (Å²) in [6, 6.07) is 9.38. The van der Waals surface area contributed by atoms with E-state index >= 15 is 0 Å². The van der Waals surface area contributed by atoms with Crippen LogP contribution < -0.4 is 5.32 Å². The summed E-state index contributed by atoms with van der Waals surface area (Å²) < 4.78 is 3.77. The minimum absolute atomic E-state index is 0.655. The Labute approximate surface area is 91.4 Å². The smallest absolute Gasteiger partial charge is 0.0991 e. The fourth-order valence-corrected chi connectivity index (χ4v) is 1.57. The Balaban J connectivity index is 1.97. The van der Waals surface area contributed by atoms with E-state index in [1.807, 2.05) is 17.5 Å². The van der Waals surface area contributed by atoms with E-state index in [1.165, 1.54) is 11.5 Å². The maximum absolute atomic E-state index is 8.62. The molecule has 5 heteroatoms. The molecule has 0 amide bonds. The van der Waals surface area contributed by atoms with Gasteiger partial charge in [0.05, 0.1) is 23.9 Å². The number of hydrogen-bond acceptors (Lipinski definition) is 5. The highest BCUT2D eigenvalue weighted by Gasteiger charge is 1.96. The highest BCUT2D eigenvalue weighted by Crippen LogP contribution is 2.10. The molecule has 74 valence electrons. The van der Waals surface area contributed by atoms with Crippen LogP contribution in [0.2, 0.25) is 0 Å². The van der Waals surface area contributed by atoms with Gasteiger partial charge >= 0.3 is 0 Å². The Hall–Kier alpha value is -1.93. The Morgan fingerprint density at radius 2 is 2.13 bits per heavy atom. The van der Waals surface area contributed by atoms with Crippen LogP contribution >= 0.6 is 11.5 Å². The zero-order chi connectivity index (χ0) is 10.5. The molecule has 1 aromatic carbocycles. The third-order valence-corrected chi connectivity index (χ3v) is 2.45. The Bertz CT molecular complexity index is 455. The SMILES string of the molecule is N#Cc1ccc(NCc2csnn2)cc1. The minimum Gasteiger partial charge on any atom is -0.379 e. The van der Waals surface area contributed by atoms with E-state index in [-0.39, 0.29) is 0 Å². The van der Waals surface area contributed by atoms with Crippen LogP contribution in [0.1, 0.15) is 11.3 Å². The molecule has 0 bridgehead atoms. The van der Waals surface area contributed by atoms with Gasteiger partial charge in [-0.25, -0.2) is 0 Å². The summed E-state index contributed by atoms with van der Waals surface area (Å²) in [5, 5.41) is 17.6. The number of aromatic nitrogens is 2. The normalized spacial score (nSPS) is 9.53. The first-order valence-corrected chi connectivity index (χ1v) is 5.22. The molecule has 4 nitrogen and oxygen atoms in total. The van der Waals surface area contributed by atoms with Crippen molar-refractivity contribution in [2.75, 3.05) is 5.32 Å². The second-order valence-corrected chi connectivity index (χ2v) is 3.55. The minimum atomic E-state index is 0.655. The number of nitrogens with one attached hydrogen (secondary N) is 1. The number of hydrogen-bond donors (Lipinski definition) is 1. The van der Waals surface area contributed by atoms with Gasteiger partial charge < -0.3 is 5.32 Å². The molecule has 15 heavy (non-hydrogen) atoms. The molecule has 0 saturated carbocycles. The highest BCUT2D eigenvalue weighted by molar-refractivity contribution is 7.03. The predicted molar refractivity (Wildman–Crippen MR) is 58.4 cm³/mol. The number of benzene rings is 1. The van der Waals surface area contributed by atoms with Gasteiger partial charge in [-0.3, -0.25) is 0 Å². The number of anilines is 1. The lowest BCUT2D eigenvalue weighted by Gasteiger charge is -2.02. The zero-order valence-corrected chi connectivity index (χ0v) is 8.66. The summed E-state index contributed by atoms with van der Waals surface area (Å²) in [5.74, 6) is 0. The number of rotatable bonds is 3. The van der Waals surface area contributed by atoms with E-state index in [4.69, 9.17) is 5.26 Å². The van der Waals surface area contributed by atoms with Gasteiger partial charge in [0, 0.05) is 11.1 Å². The van der Waals surface area contributed by atoms with Crippen LogP contribution in [0.25, 0.3) is 0 Å². The topological polar surface area (TPSA) is 61.6 Å². The van der Waals surface area contributed by atoms with E-state index in [0.29, 0.717) is 12.1 Å². The molecule has 0 unspecified atom stereocenters. The van der Waals surface area contributed by atoms with Crippen molar-refractivity contribution in [2.45, 2.75) is 6.54 Å². The van der Waals surface area contributed by atoms with Crippen LogP contribution in [-0.4, -0.2) is 9.59 Å². The van der Waals surface area contributed by atoms with Gasteiger partial charge in [0.1, 0.15) is 0 Å². The van der Waals surface area contributed by atoms with Crippen molar-refractivity contribution in [3.05, 3.63) is 40.9 Å². The van der Waals surface area contributed by atoms with Crippen molar-refractivity contribution in [1.82, 2.24) is 9.59 Å². The summed E-state index contributed by atoms with van der Waals surface area (Å²) in [5.41, 5.74) is 2.56. The molecule has 0 saturated heterocycles. The van der Waals surface area contributed by atoms with Crippen LogP contribution in [0, 0.1) is 11.3 Å². The quantitative estimate of drug-likeness (QED) is 0.852. The summed E-state index contributed by atoms with van der Waals surface area (Å²) in [6.45, 7) is 0.655. The average molecular weight is 216 g/mol. The Morgan fingerprint density at radius 3 is 2.73 bits per heavy atom. The van der Waals surface area contributed by atoms with Crippen LogP contribution in [-0.2, 0) is 6.54 Å². The monoisotopic (exact) mass is 216 g/mol. The Kier molecular flexibility index (Phi) is 2.90. The summed E-state index contributed by atoms with van der Waals surface area (Å²) in [6.07, 6.45) is 0. The van der Waals surface area contributed by atoms with E-state index in [9.17, 15) is 0 Å². The summed E-state index contributed by atoms with van der Waals surface area (Å²) in [7, 11) is 0. The molecule has 0 atom stereocenters. The van der Waals surface area contributed by atoms with Crippen molar-refractivity contribution < 1.29 is 0 Å². The van der Waals surface area contributed by atoms with Gasteiger partial charge in [-0.05, 0) is 35.8 Å². The first-order valence-electron chi connectivity index (χ1n) is 4.38. The standard InChI is InChI=1S/C10H8N4S/c11-5-8-1-3-9(4-2-8)12-6-10-7-15-14-13-10/h1-4,7,12H,6H2. The van der Waals surface area contributed by atoms with Gasteiger partial charge in [-0.1, -0.05) is 4.49 Å². The van der Waals surface area contributed by atoms with Crippen molar-refractivity contribution in [3.63, 3.8) is 0 Å². The molecule has 0 aliphatic rings. The molecular formula is C10H8N4S. The molecule has 0 radical (unpaired) electrons. The lowest BCUT2D eigenvalue weighted by atomic mass is 10.2. The van der Waals surface area contributed by atoms with Crippen molar-refractivity contribution in [2.24, 2.45) is 0 Å². The van der Waals surface area contributed by atoms with Gasteiger partial charge in [0.15, 0.2) is 0 Å². The molecule has 0 spiro atoms. The molecule has 0 fully saturated rings. The lowest BCUT2D eigenvalue weighted by Crippen LogP contribution is -1.99. The second kappa shape index (κ2) is 4.53. The Morgan fingerprint density at radius 1 is 1.33 bits per heavy atom. The second-order valence-electron chi connectivity index (χ2n) is 2.94. The van der Waals surface area contributed by atoms with Crippen LogP contribution in [0.4, 0.5) is 5.69 Å². The van der Waals surface area contributed by atoms with Gasteiger partial charge in [-0.2, -0.15) is 5.26 Å². The van der Waals surface area contributed by atoms with E-state index < -0.39 is 0 Å². The van der Waals surface area contributed by atoms with Crippen LogP contribution in [0.15, 0.2) is 29.6 Å². The van der Waals surface area contributed by atoms with Crippen molar-refractivity contribution >= 4 is 17.2 Å². The summed E-state index contributed by atoms with van der Waals surface area (Å²) in [4.78, 5) is 0. The van der Waals surface area contributed by atoms with E-state index in [0.717, 1.165) is 11.4 Å². The molecule has 0 aliphatic heterocycles. The molecular weight excluding hydrogens is 208 g/mol. The molecule has 1 N–H and O–H groups in total. The molecule has 1 heterocycles. The fraction of sp³-hybridized carbons (Fsp3) is 0.100. The third kappa shape index (κ3) is 2.51. The van der Waals surface area contributed by atoms with Crippen molar-refractivity contribution in [1.29, 1.82) is 5.26 Å². The average Bonchev–Trinajstić information content (AvgIpc) is 2.80. The molecule has 0 aliphatic carbocycles. The number of nitrogens with zero attached hydrogens (tertiary/aromatic N) is 3. The van der Waals surface area contributed by atoms with Crippen molar-refractivity contribution in [3.8, 4) is 6.07 Å². The van der Waals surface area contributed by atoms with Crippen LogP contribution in [0.5, 0.6) is 0 Å². The lowest BCUT2D eigenvalue weighted by molar-refractivity contribution is 0.999. The van der Waals surface area contributed by atoms with E-state index in [1.54, 1.807) is 12.1 Å². The largest absolute Gasteiger partial charge is 0.379 e. The predicted octanol–water partition coefficient (Wildman–Crippen LogP) is 2.02. The maximum atomic E-state index is 8.62. The van der Waals surface area contributed by atoms with Gasteiger partial charge in [0.25, 0.3) is 0 Å². The zero-order valence-electron chi connectivity index (χ0n) is 7.84. The fourth-order valence-electron chi connectivity index (χ4n) is 1.12. The van der Waals surface area contributed by atoms with Gasteiger partial charge in [-0.15, -0.1) is 5.10 Å². The first-order chi connectivity index (χ1) is 7.38.